The number of hydrogen-bond acceptors (Lipinski definition) is 4. The highest BCUT2D eigenvalue weighted by Gasteiger charge is 2.42. The van der Waals surface area contributed by atoms with E-state index in [1.807, 2.05) is 0 Å². The van der Waals surface area contributed by atoms with Gasteiger partial charge in [0.05, 0.1) is 45.0 Å². The lowest BCUT2D eigenvalue weighted by atomic mass is 9.98. The maximum Gasteiger partial charge on any atom is 0.0702 e. The molecule has 1 aromatic rings. The SMILES string of the molecule is Nc1cnccc1S(=O)CC1CCC2(CCCC2)O1. The minimum atomic E-state index is -1.09. The molecule has 1 aliphatic carbocycles. The summed E-state index contributed by atoms with van der Waals surface area (Å²) in [6.45, 7) is 0. The number of aromatic nitrogens is 1. The van der Waals surface area contributed by atoms with Crippen LogP contribution in [0.1, 0.15) is 38.5 Å². The second kappa shape index (κ2) is 5.21. The average molecular weight is 280 g/mol. The Labute approximate surface area is 116 Å². The molecule has 2 N–H and O–H groups in total. The maximum atomic E-state index is 12.3. The molecule has 2 fully saturated rings. The lowest BCUT2D eigenvalue weighted by Crippen LogP contribution is -2.27. The zero-order valence-corrected chi connectivity index (χ0v) is 11.8. The molecule has 0 radical (unpaired) electrons. The van der Waals surface area contributed by atoms with Gasteiger partial charge in [0.1, 0.15) is 0 Å². The van der Waals surface area contributed by atoms with E-state index in [4.69, 9.17) is 10.5 Å². The lowest BCUT2D eigenvalue weighted by Gasteiger charge is -2.23. The van der Waals surface area contributed by atoms with Crippen molar-refractivity contribution in [3.05, 3.63) is 18.5 Å². The first-order valence-corrected chi connectivity index (χ1v) is 8.26. The molecular weight excluding hydrogens is 260 g/mol. The summed E-state index contributed by atoms with van der Waals surface area (Å²) < 4.78 is 18.5. The number of rotatable bonds is 3. The Kier molecular flexibility index (Phi) is 3.58. The monoisotopic (exact) mass is 280 g/mol. The molecule has 0 aromatic carbocycles. The molecule has 1 spiro atoms. The Morgan fingerprint density at radius 2 is 2.21 bits per heavy atom. The molecule has 1 aliphatic heterocycles. The van der Waals surface area contributed by atoms with Gasteiger partial charge in [-0.3, -0.25) is 9.19 Å². The third-order valence-corrected chi connectivity index (χ3v) is 5.78. The van der Waals surface area contributed by atoms with Gasteiger partial charge in [0.15, 0.2) is 0 Å². The van der Waals surface area contributed by atoms with Crippen molar-refractivity contribution in [1.82, 2.24) is 4.98 Å². The molecule has 0 bridgehead atoms. The maximum absolute atomic E-state index is 12.3. The van der Waals surface area contributed by atoms with Crippen molar-refractivity contribution in [2.75, 3.05) is 11.5 Å². The van der Waals surface area contributed by atoms with Gasteiger partial charge < -0.3 is 10.5 Å². The zero-order chi connectivity index (χ0) is 13.3. The minimum absolute atomic E-state index is 0.110. The number of anilines is 1. The van der Waals surface area contributed by atoms with Crippen molar-refractivity contribution >= 4 is 16.5 Å². The molecule has 4 nitrogen and oxygen atoms in total. The van der Waals surface area contributed by atoms with E-state index in [-0.39, 0.29) is 11.7 Å². The Balaban J connectivity index is 1.63. The van der Waals surface area contributed by atoms with E-state index in [9.17, 15) is 4.21 Å². The molecule has 5 heteroatoms. The number of nitrogen functional groups attached to an aromatic ring is 1. The minimum Gasteiger partial charge on any atom is -0.396 e. The molecule has 2 atom stereocenters. The van der Waals surface area contributed by atoms with E-state index in [2.05, 4.69) is 4.98 Å². The molecule has 1 aromatic heterocycles. The summed E-state index contributed by atoms with van der Waals surface area (Å²) in [5.41, 5.74) is 6.43. The van der Waals surface area contributed by atoms with Gasteiger partial charge in [-0.05, 0) is 31.7 Å². The van der Waals surface area contributed by atoms with Gasteiger partial charge in [0, 0.05) is 6.20 Å². The van der Waals surface area contributed by atoms with Crippen LogP contribution in [0.3, 0.4) is 0 Å². The van der Waals surface area contributed by atoms with Crippen LogP contribution in [0.2, 0.25) is 0 Å². The number of nitrogens with two attached hydrogens (primary N) is 1. The highest BCUT2D eigenvalue weighted by atomic mass is 32.2. The zero-order valence-electron chi connectivity index (χ0n) is 11.0. The van der Waals surface area contributed by atoms with Crippen molar-refractivity contribution in [2.24, 2.45) is 0 Å². The Hall–Kier alpha value is -0.940. The second-order valence-corrected chi connectivity index (χ2v) is 7.06. The summed E-state index contributed by atoms with van der Waals surface area (Å²) in [6.07, 6.45) is 10.4. The predicted octanol–water partition coefficient (Wildman–Crippen LogP) is 2.26. The van der Waals surface area contributed by atoms with Crippen molar-refractivity contribution in [3.8, 4) is 0 Å². The molecule has 2 unspecified atom stereocenters. The lowest BCUT2D eigenvalue weighted by molar-refractivity contribution is -0.0270. The van der Waals surface area contributed by atoms with Crippen LogP contribution in [0.15, 0.2) is 23.4 Å². The average Bonchev–Trinajstić information content (AvgIpc) is 3.01. The smallest absolute Gasteiger partial charge is 0.0702 e. The van der Waals surface area contributed by atoms with Gasteiger partial charge >= 0.3 is 0 Å². The van der Waals surface area contributed by atoms with Crippen LogP contribution in [-0.2, 0) is 15.5 Å². The van der Waals surface area contributed by atoms with Gasteiger partial charge in [-0.1, -0.05) is 12.8 Å². The van der Waals surface area contributed by atoms with E-state index in [0.717, 1.165) is 12.8 Å². The van der Waals surface area contributed by atoms with Crippen molar-refractivity contribution in [2.45, 2.75) is 55.1 Å². The van der Waals surface area contributed by atoms with E-state index in [1.165, 1.54) is 25.7 Å². The highest BCUT2D eigenvalue weighted by Crippen LogP contribution is 2.43. The third kappa shape index (κ3) is 2.67. The van der Waals surface area contributed by atoms with Crippen LogP contribution in [0.25, 0.3) is 0 Å². The number of pyridine rings is 1. The van der Waals surface area contributed by atoms with Crippen LogP contribution in [0.5, 0.6) is 0 Å². The molecule has 1 saturated carbocycles. The largest absolute Gasteiger partial charge is 0.396 e. The van der Waals surface area contributed by atoms with Crippen LogP contribution in [0, 0.1) is 0 Å². The second-order valence-electron chi connectivity index (χ2n) is 5.59. The van der Waals surface area contributed by atoms with Gasteiger partial charge in [-0.2, -0.15) is 0 Å². The van der Waals surface area contributed by atoms with Crippen LogP contribution < -0.4 is 5.73 Å². The van der Waals surface area contributed by atoms with Crippen LogP contribution in [0.4, 0.5) is 5.69 Å². The fourth-order valence-corrected chi connectivity index (χ4v) is 4.54. The fourth-order valence-electron chi connectivity index (χ4n) is 3.26. The predicted molar refractivity (Wildman–Crippen MR) is 75.2 cm³/mol. The van der Waals surface area contributed by atoms with E-state index >= 15 is 0 Å². The number of hydrogen-bond donors (Lipinski definition) is 1. The Morgan fingerprint density at radius 3 is 2.95 bits per heavy atom. The first kappa shape index (κ1) is 13.1. The molecule has 2 heterocycles. The van der Waals surface area contributed by atoms with E-state index in [0.29, 0.717) is 16.3 Å². The first-order valence-electron chi connectivity index (χ1n) is 6.94. The molecular formula is C14H20N2O2S. The van der Waals surface area contributed by atoms with Crippen molar-refractivity contribution < 1.29 is 8.95 Å². The quantitative estimate of drug-likeness (QED) is 0.922. The number of nitrogens with zero attached hydrogens (tertiary/aromatic N) is 1. The summed E-state index contributed by atoms with van der Waals surface area (Å²) in [7, 11) is -1.09. The molecule has 0 amide bonds. The summed E-state index contributed by atoms with van der Waals surface area (Å²) in [4.78, 5) is 4.61. The molecule has 2 aliphatic rings. The summed E-state index contributed by atoms with van der Waals surface area (Å²) in [5.74, 6) is 0.552. The summed E-state index contributed by atoms with van der Waals surface area (Å²) in [5, 5.41) is 0. The van der Waals surface area contributed by atoms with Crippen LogP contribution >= 0.6 is 0 Å². The Morgan fingerprint density at radius 1 is 1.42 bits per heavy atom. The van der Waals surface area contributed by atoms with Crippen molar-refractivity contribution in [1.29, 1.82) is 0 Å². The summed E-state index contributed by atoms with van der Waals surface area (Å²) in [6, 6.07) is 1.74. The first-order chi connectivity index (χ1) is 9.19. The fraction of sp³-hybridized carbons (Fsp3) is 0.643. The Bertz CT molecular complexity index is 486. The van der Waals surface area contributed by atoms with Crippen molar-refractivity contribution in [3.63, 3.8) is 0 Å². The van der Waals surface area contributed by atoms with E-state index in [1.54, 1.807) is 18.5 Å². The highest BCUT2D eigenvalue weighted by molar-refractivity contribution is 7.85. The molecule has 104 valence electrons. The number of ether oxygens (including phenoxy) is 1. The topological polar surface area (TPSA) is 65.2 Å². The molecule has 3 rings (SSSR count). The van der Waals surface area contributed by atoms with Gasteiger partial charge in [-0.15, -0.1) is 0 Å². The normalized spacial score (nSPS) is 26.8. The van der Waals surface area contributed by atoms with Crippen LogP contribution in [-0.4, -0.2) is 26.7 Å². The van der Waals surface area contributed by atoms with Gasteiger partial charge in [0.25, 0.3) is 0 Å². The third-order valence-electron chi connectivity index (χ3n) is 4.25. The van der Waals surface area contributed by atoms with Gasteiger partial charge in [0.2, 0.25) is 0 Å². The standard InChI is InChI=1S/C14H20N2O2S/c15-12-9-16-8-4-13(12)19(17)10-11-3-7-14(18-11)5-1-2-6-14/h4,8-9,11H,1-3,5-7,10,15H2. The molecule has 19 heavy (non-hydrogen) atoms. The van der Waals surface area contributed by atoms with Gasteiger partial charge in [-0.25, -0.2) is 0 Å². The summed E-state index contributed by atoms with van der Waals surface area (Å²) >= 11 is 0. The van der Waals surface area contributed by atoms with E-state index < -0.39 is 10.8 Å². The molecule has 1 saturated heterocycles.